The van der Waals surface area contributed by atoms with Crippen LogP contribution < -0.4 is 0 Å². The van der Waals surface area contributed by atoms with Gasteiger partial charge < -0.3 is 9.47 Å². The summed E-state index contributed by atoms with van der Waals surface area (Å²) in [6.07, 6.45) is 2.80. The van der Waals surface area contributed by atoms with Crippen molar-refractivity contribution in [3.63, 3.8) is 0 Å². The summed E-state index contributed by atoms with van der Waals surface area (Å²) < 4.78 is 11.8. The molecule has 0 spiro atoms. The molecule has 3 nitrogen and oxygen atoms in total. The molecular formula is C19H32O3. The first kappa shape index (κ1) is 19.1. The van der Waals surface area contributed by atoms with Crippen LogP contribution >= 0.6 is 0 Å². The van der Waals surface area contributed by atoms with Crippen LogP contribution in [0.5, 0.6) is 0 Å². The fraction of sp³-hybridized carbons (Fsp3) is 0.737. The Labute approximate surface area is 135 Å². The van der Waals surface area contributed by atoms with Gasteiger partial charge in [-0.3, -0.25) is 4.79 Å². The molecule has 0 unspecified atom stereocenters. The van der Waals surface area contributed by atoms with Crippen LogP contribution in [0.4, 0.5) is 0 Å². The largest absolute Gasteiger partial charge is 0.353 e. The van der Waals surface area contributed by atoms with Crippen molar-refractivity contribution in [1.82, 2.24) is 0 Å². The molecule has 0 saturated heterocycles. The lowest BCUT2D eigenvalue weighted by molar-refractivity contribution is -0.188. The van der Waals surface area contributed by atoms with Crippen LogP contribution in [0.1, 0.15) is 53.4 Å². The number of ketones is 1. The number of Topliss-reactive ketones (excluding diaryl/α,β-unsaturated/α-hetero) is 1. The number of rotatable bonds is 9. The van der Waals surface area contributed by atoms with Crippen molar-refractivity contribution < 1.29 is 14.3 Å². The molecule has 0 aliphatic heterocycles. The Hall–Kier alpha value is -0.930. The fourth-order valence-electron chi connectivity index (χ4n) is 3.49. The summed E-state index contributed by atoms with van der Waals surface area (Å²) >= 11 is 0. The quantitative estimate of drug-likeness (QED) is 0.464. The van der Waals surface area contributed by atoms with Crippen molar-refractivity contribution in [3.8, 4) is 0 Å². The van der Waals surface area contributed by atoms with Gasteiger partial charge in [0.25, 0.3) is 0 Å². The highest BCUT2D eigenvalue weighted by molar-refractivity contribution is 5.78. The number of carbonyl (C=O) groups is 1. The van der Waals surface area contributed by atoms with E-state index in [0.29, 0.717) is 32.0 Å². The Morgan fingerprint density at radius 1 is 1.27 bits per heavy atom. The molecule has 1 aliphatic carbocycles. The monoisotopic (exact) mass is 308 g/mol. The second kappa shape index (κ2) is 9.26. The summed E-state index contributed by atoms with van der Waals surface area (Å²) in [6.45, 7) is 17.5. The van der Waals surface area contributed by atoms with E-state index in [4.69, 9.17) is 9.47 Å². The van der Waals surface area contributed by atoms with Crippen LogP contribution in [-0.2, 0) is 14.3 Å². The normalized spacial score (nSPS) is 25.5. The average Bonchev–Trinajstić information content (AvgIpc) is 2.48. The first-order chi connectivity index (χ1) is 10.5. The van der Waals surface area contributed by atoms with E-state index in [-0.39, 0.29) is 23.9 Å². The van der Waals surface area contributed by atoms with Gasteiger partial charge in [0.2, 0.25) is 0 Å². The van der Waals surface area contributed by atoms with E-state index in [1.54, 1.807) is 0 Å². The van der Waals surface area contributed by atoms with Crippen molar-refractivity contribution in [2.75, 3.05) is 13.2 Å². The zero-order valence-electron chi connectivity index (χ0n) is 14.7. The third-order valence-corrected chi connectivity index (χ3v) is 4.68. The van der Waals surface area contributed by atoms with Gasteiger partial charge in [0, 0.05) is 32.0 Å². The first-order valence-corrected chi connectivity index (χ1v) is 8.54. The SMILES string of the molecule is C=C1CC[C@@H](C(=C)C)[C@H](C(OCC)OCC)[C@@H]1CC(=O)CC. The van der Waals surface area contributed by atoms with E-state index in [9.17, 15) is 4.79 Å². The van der Waals surface area contributed by atoms with Gasteiger partial charge >= 0.3 is 0 Å². The topological polar surface area (TPSA) is 35.5 Å². The van der Waals surface area contributed by atoms with Crippen LogP contribution in [-0.4, -0.2) is 25.3 Å². The van der Waals surface area contributed by atoms with E-state index in [1.807, 2.05) is 20.8 Å². The molecule has 126 valence electrons. The van der Waals surface area contributed by atoms with Gasteiger partial charge in [-0.05, 0) is 45.4 Å². The van der Waals surface area contributed by atoms with Gasteiger partial charge in [-0.25, -0.2) is 0 Å². The molecule has 0 bridgehead atoms. The van der Waals surface area contributed by atoms with Crippen LogP contribution in [0.2, 0.25) is 0 Å². The molecular weight excluding hydrogens is 276 g/mol. The molecule has 0 heterocycles. The Kier molecular flexibility index (Phi) is 8.05. The van der Waals surface area contributed by atoms with E-state index in [0.717, 1.165) is 24.0 Å². The minimum Gasteiger partial charge on any atom is -0.353 e. The lowest BCUT2D eigenvalue weighted by Gasteiger charge is -2.43. The molecule has 1 fully saturated rings. The maximum absolute atomic E-state index is 12.0. The summed E-state index contributed by atoms with van der Waals surface area (Å²) in [7, 11) is 0. The summed E-state index contributed by atoms with van der Waals surface area (Å²) in [4.78, 5) is 12.0. The second-order valence-electron chi connectivity index (χ2n) is 6.21. The average molecular weight is 308 g/mol. The highest BCUT2D eigenvalue weighted by atomic mass is 16.7. The molecule has 0 radical (unpaired) electrons. The number of hydrogen-bond acceptors (Lipinski definition) is 3. The smallest absolute Gasteiger partial charge is 0.161 e. The maximum Gasteiger partial charge on any atom is 0.161 e. The Morgan fingerprint density at radius 3 is 2.32 bits per heavy atom. The summed E-state index contributed by atoms with van der Waals surface area (Å²) in [5, 5.41) is 0. The minimum absolute atomic E-state index is 0.131. The zero-order valence-corrected chi connectivity index (χ0v) is 14.7. The molecule has 0 amide bonds. The van der Waals surface area contributed by atoms with Crippen LogP contribution in [0, 0.1) is 17.8 Å². The third kappa shape index (κ3) is 4.79. The van der Waals surface area contributed by atoms with Crippen molar-refractivity contribution >= 4 is 5.78 Å². The minimum atomic E-state index is -0.289. The third-order valence-electron chi connectivity index (χ3n) is 4.68. The number of allylic oxidation sites excluding steroid dienone is 2. The van der Waals surface area contributed by atoms with Gasteiger partial charge in [-0.15, -0.1) is 0 Å². The number of carbonyl (C=O) groups excluding carboxylic acids is 1. The van der Waals surface area contributed by atoms with Crippen molar-refractivity contribution in [1.29, 1.82) is 0 Å². The molecule has 1 saturated carbocycles. The van der Waals surface area contributed by atoms with Crippen molar-refractivity contribution in [2.24, 2.45) is 17.8 Å². The Balaban J connectivity index is 3.10. The Morgan fingerprint density at radius 2 is 1.86 bits per heavy atom. The van der Waals surface area contributed by atoms with E-state index < -0.39 is 0 Å². The highest BCUT2D eigenvalue weighted by Gasteiger charge is 2.42. The number of hydrogen-bond donors (Lipinski definition) is 0. The lowest BCUT2D eigenvalue weighted by atomic mass is 9.65. The van der Waals surface area contributed by atoms with Gasteiger partial charge in [-0.2, -0.15) is 0 Å². The molecule has 3 heteroatoms. The zero-order chi connectivity index (χ0) is 16.7. The summed E-state index contributed by atoms with van der Waals surface area (Å²) in [6, 6.07) is 0. The van der Waals surface area contributed by atoms with E-state index in [1.165, 1.54) is 0 Å². The number of ether oxygens (including phenoxy) is 2. The van der Waals surface area contributed by atoms with Gasteiger partial charge in [0.15, 0.2) is 6.29 Å². The standard InChI is InChI=1S/C19H32O3/c1-7-15(20)12-17-14(6)10-11-16(13(4)5)18(17)19(21-8-2)22-9-3/h16-19H,4,6-12H2,1-3,5H3/t16-,17+,18-/m0/s1. The molecule has 0 aromatic carbocycles. The molecule has 0 aromatic rings. The Bertz CT molecular complexity index is 393. The lowest BCUT2D eigenvalue weighted by Crippen LogP contribution is -2.42. The van der Waals surface area contributed by atoms with E-state index in [2.05, 4.69) is 20.1 Å². The van der Waals surface area contributed by atoms with Gasteiger partial charge in [-0.1, -0.05) is 31.2 Å². The maximum atomic E-state index is 12.0. The van der Waals surface area contributed by atoms with E-state index >= 15 is 0 Å². The fourth-order valence-corrected chi connectivity index (χ4v) is 3.49. The predicted octanol–water partition coefficient (Wildman–Crippen LogP) is 4.53. The van der Waals surface area contributed by atoms with Gasteiger partial charge in [0.1, 0.15) is 5.78 Å². The molecule has 1 aliphatic rings. The van der Waals surface area contributed by atoms with Crippen LogP contribution in [0.3, 0.4) is 0 Å². The second-order valence-corrected chi connectivity index (χ2v) is 6.21. The molecule has 22 heavy (non-hydrogen) atoms. The summed E-state index contributed by atoms with van der Waals surface area (Å²) in [5.41, 5.74) is 2.31. The first-order valence-electron chi connectivity index (χ1n) is 8.54. The highest BCUT2D eigenvalue weighted by Crippen LogP contribution is 2.45. The molecule has 0 aromatic heterocycles. The van der Waals surface area contributed by atoms with Crippen molar-refractivity contribution in [3.05, 3.63) is 24.3 Å². The van der Waals surface area contributed by atoms with Crippen LogP contribution in [0.15, 0.2) is 24.3 Å². The van der Waals surface area contributed by atoms with Gasteiger partial charge in [0.05, 0.1) is 0 Å². The predicted molar refractivity (Wildman–Crippen MR) is 90.6 cm³/mol. The van der Waals surface area contributed by atoms with Crippen molar-refractivity contribution in [2.45, 2.75) is 59.7 Å². The molecule has 0 N–H and O–H groups in total. The molecule has 3 atom stereocenters. The molecule has 1 rings (SSSR count). The summed E-state index contributed by atoms with van der Waals surface area (Å²) in [5.74, 6) is 0.869. The van der Waals surface area contributed by atoms with Crippen LogP contribution in [0.25, 0.3) is 0 Å².